The standard InChI is InChI=1S/C23H27N3O2S/c1-16(25(2)22-15-27-19-8-4-5-9-20(19)28-22)17-11-13-26(14-12-17)23-24-18-7-3-6-10-21(18)29-23/h3-10,16-17,22H,11-15H2,1-2H3. The van der Waals surface area contributed by atoms with E-state index in [1.807, 2.05) is 24.3 Å². The average Bonchev–Trinajstić information content (AvgIpc) is 3.22. The van der Waals surface area contributed by atoms with Crippen LogP contribution in [0, 0.1) is 5.92 Å². The minimum atomic E-state index is -0.0396. The number of fused-ring (bicyclic) bond motifs is 2. The molecule has 5 nitrogen and oxygen atoms in total. The Balaban J connectivity index is 1.20. The van der Waals surface area contributed by atoms with Gasteiger partial charge in [0.15, 0.2) is 22.9 Å². The molecule has 0 N–H and O–H groups in total. The van der Waals surface area contributed by atoms with Crippen molar-refractivity contribution in [1.82, 2.24) is 9.88 Å². The van der Waals surface area contributed by atoms with Crippen molar-refractivity contribution in [2.45, 2.75) is 32.0 Å². The molecule has 6 heteroatoms. The number of hydrogen-bond donors (Lipinski definition) is 0. The molecule has 0 bridgehead atoms. The summed E-state index contributed by atoms with van der Waals surface area (Å²) in [5, 5.41) is 1.16. The van der Waals surface area contributed by atoms with Crippen LogP contribution in [0.2, 0.25) is 0 Å². The van der Waals surface area contributed by atoms with E-state index in [2.05, 4.69) is 48.0 Å². The summed E-state index contributed by atoms with van der Waals surface area (Å²) in [4.78, 5) is 9.62. The number of rotatable bonds is 4. The summed E-state index contributed by atoms with van der Waals surface area (Å²) < 4.78 is 13.4. The van der Waals surface area contributed by atoms with Crippen LogP contribution in [0.4, 0.5) is 5.13 Å². The van der Waals surface area contributed by atoms with E-state index in [1.54, 1.807) is 11.3 Å². The maximum Gasteiger partial charge on any atom is 0.187 e. The van der Waals surface area contributed by atoms with Gasteiger partial charge in [-0.1, -0.05) is 35.6 Å². The quantitative estimate of drug-likeness (QED) is 0.628. The van der Waals surface area contributed by atoms with Crippen molar-refractivity contribution in [1.29, 1.82) is 0 Å². The topological polar surface area (TPSA) is 37.8 Å². The second-order valence-electron chi connectivity index (χ2n) is 8.02. The number of para-hydroxylation sites is 3. The molecule has 3 aromatic rings. The molecule has 1 saturated heterocycles. The molecule has 0 spiro atoms. The number of ether oxygens (including phenoxy) is 2. The van der Waals surface area contributed by atoms with Crippen molar-refractivity contribution in [3.63, 3.8) is 0 Å². The molecular formula is C23H27N3O2S. The highest BCUT2D eigenvalue weighted by atomic mass is 32.1. The Kier molecular flexibility index (Phi) is 5.06. The van der Waals surface area contributed by atoms with Crippen LogP contribution in [0.25, 0.3) is 10.2 Å². The molecule has 1 fully saturated rings. The molecule has 0 amide bonds. The zero-order chi connectivity index (χ0) is 19.8. The molecule has 2 unspecified atom stereocenters. The molecule has 0 saturated carbocycles. The summed E-state index contributed by atoms with van der Waals surface area (Å²) in [7, 11) is 2.16. The van der Waals surface area contributed by atoms with Crippen LogP contribution in [0.15, 0.2) is 48.5 Å². The van der Waals surface area contributed by atoms with Gasteiger partial charge in [0.25, 0.3) is 0 Å². The highest BCUT2D eigenvalue weighted by Gasteiger charge is 2.33. The summed E-state index contributed by atoms with van der Waals surface area (Å²) in [6, 6.07) is 16.8. The fraction of sp³-hybridized carbons (Fsp3) is 0.435. The first-order valence-electron chi connectivity index (χ1n) is 10.4. The van der Waals surface area contributed by atoms with Crippen molar-refractivity contribution in [2.24, 2.45) is 5.92 Å². The third kappa shape index (κ3) is 3.67. The van der Waals surface area contributed by atoms with E-state index in [0.717, 1.165) is 35.2 Å². The van der Waals surface area contributed by atoms with Gasteiger partial charge in [0.2, 0.25) is 0 Å². The number of benzene rings is 2. The molecule has 3 heterocycles. The fourth-order valence-electron chi connectivity index (χ4n) is 4.37. The number of hydrogen-bond acceptors (Lipinski definition) is 6. The van der Waals surface area contributed by atoms with Gasteiger partial charge < -0.3 is 14.4 Å². The predicted molar refractivity (Wildman–Crippen MR) is 118 cm³/mol. The Bertz CT molecular complexity index is 950. The first kappa shape index (κ1) is 18.7. The molecule has 5 rings (SSSR count). The average molecular weight is 410 g/mol. The Morgan fingerprint density at radius 2 is 1.79 bits per heavy atom. The number of aromatic nitrogens is 1. The van der Waals surface area contributed by atoms with E-state index in [4.69, 9.17) is 14.5 Å². The number of piperidine rings is 1. The van der Waals surface area contributed by atoms with Crippen LogP contribution < -0.4 is 14.4 Å². The molecule has 2 aliphatic rings. The summed E-state index contributed by atoms with van der Waals surface area (Å²) >= 11 is 1.80. The summed E-state index contributed by atoms with van der Waals surface area (Å²) in [6.07, 6.45) is 2.30. The van der Waals surface area contributed by atoms with Gasteiger partial charge in [-0.3, -0.25) is 4.90 Å². The van der Waals surface area contributed by atoms with Gasteiger partial charge in [-0.05, 0) is 57.0 Å². The number of nitrogens with zero attached hydrogens (tertiary/aromatic N) is 3. The highest BCUT2D eigenvalue weighted by molar-refractivity contribution is 7.22. The second kappa shape index (κ2) is 7.84. The van der Waals surface area contributed by atoms with Crippen molar-refractivity contribution in [3.05, 3.63) is 48.5 Å². The Morgan fingerprint density at radius 1 is 1.07 bits per heavy atom. The van der Waals surface area contributed by atoms with Gasteiger partial charge in [0.05, 0.1) is 10.2 Å². The maximum atomic E-state index is 6.21. The lowest BCUT2D eigenvalue weighted by Gasteiger charge is -2.41. The molecule has 2 aromatic carbocycles. The molecule has 152 valence electrons. The van der Waals surface area contributed by atoms with E-state index in [-0.39, 0.29) is 6.23 Å². The maximum absolute atomic E-state index is 6.21. The lowest BCUT2D eigenvalue weighted by molar-refractivity contribution is -0.0462. The highest BCUT2D eigenvalue weighted by Crippen LogP contribution is 2.35. The molecule has 2 atom stereocenters. The predicted octanol–water partition coefficient (Wildman–Crippen LogP) is 4.63. The largest absolute Gasteiger partial charge is 0.484 e. The van der Waals surface area contributed by atoms with Gasteiger partial charge in [-0.25, -0.2) is 4.98 Å². The van der Waals surface area contributed by atoms with Gasteiger partial charge >= 0.3 is 0 Å². The van der Waals surface area contributed by atoms with Gasteiger partial charge in [-0.15, -0.1) is 0 Å². The lowest BCUT2D eigenvalue weighted by atomic mass is 9.89. The van der Waals surface area contributed by atoms with Crippen LogP contribution in [-0.2, 0) is 0 Å². The minimum Gasteiger partial charge on any atom is -0.484 e. The SMILES string of the molecule is CC(C1CCN(c2nc3ccccc3s2)CC1)N(C)C1COc2ccccc2O1. The molecular weight excluding hydrogens is 382 g/mol. The van der Waals surface area contributed by atoms with Gasteiger partial charge in [-0.2, -0.15) is 0 Å². The smallest absolute Gasteiger partial charge is 0.187 e. The van der Waals surface area contributed by atoms with E-state index in [1.165, 1.54) is 17.5 Å². The third-order valence-electron chi connectivity index (χ3n) is 6.37. The number of anilines is 1. The van der Waals surface area contributed by atoms with Crippen LogP contribution in [0.3, 0.4) is 0 Å². The summed E-state index contributed by atoms with van der Waals surface area (Å²) in [5.41, 5.74) is 1.11. The van der Waals surface area contributed by atoms with E-state index >= 15 is 0 Å². The molecule has 0 radical (unpaired) electrons. The zero-order valence-electron chi connectivity index (χ0n) is 17.0. The first-order chi connectivity index (χ1) is 14.2. The summed E-state index contributed by atoms with van der Waals surface area (Å²) in [6.45, 7) is 5.02. The van der Waals surface area contributed by atoms with E-state index in [0.29, 0.717) is 18.6 Å². The van der Waals surface area contributed by atoms with Crippen molar-refractivity contribution >= 4 is 26.7 Å². The molecule has 1 aromatic heterocycles. The second-order valence-corrected chi connectivity index (χ2v) is 9.03. The van der Waals surface area contributed by atoms with Crippen LogP contribution >= 0.6 is 11.3 Å². The van der Waals surface area contributed by atoms with Crippen LogP contribution in [0.5, 0.6) is 11.5 Å². The van der Waals surface area contributed by atoms with Crippen LogP contribution in [-0.4, -0.2) is 48.9 Å². The first-order valence-corrected chi connectivity index (χ1v) is 11.2. The molecule has 0 aliphatic carbocycles. The number of thiazole rings is 1. The Hall–Kier alpha value is -2.31. The zero-order valence-corrected chi connectivity index (χ0v) is 17.8. The minimum absolute atomic E-state index is 0.0396. The Morgan fingerprint density at radius 3 is 2.59 bits per heavy atom. The van der Waals surface area contributed by atoms with E-state index in [9.17, 15) is 0 Å². The number of likely N-dealkylation sites (N-methyl/N-ethyl adjacent to an activating group) is 1. The third-order valence-corrected chi connectivity index (χ3v) is 7.46. The van der Waals surface area contributed by atoms with Crippen LogP contribution in [0.1, 0.15) is 19.8 Å². The van der Waals surface area contributed by atoms with E-state index < -0.39 is 0 Å². The molecule has 29 heavy (non-hydrogen) atoms. The van der Waals surface area contributed by atoms with Gasteiger partial charge in [0, 0.05) is 19.1 Å². The fourth-order valence-corrected chi connectivity index (χ4v) is 5.39. The van der Waals surface area contributed by atoms with Crippen molar-refractivity contribution in [2.75, 3.05) is 31.6 Å². The Labute approximate surface area is 175 Å². The monoisotopic (exact) mass is 409 g/mol. The van der Waals surface area contributed by atoms with Gasteiger partial charge in [0.1, 0.15) is 6.61 Å². The lowest BCUT2D eigenvalue weighted by Crippen LogP contribution is -2.51. The molecule has 2 aliphatic heterocycles. The summed E-state index contributed by atoms with van der Waals surface area (Å²) in [5.74, 6) is 2.33. The van der Waals surface area contributed by atoms with Crippen molar-refractivity contribution in [3.8, 4) is 11.5 Å². The van der Waals surface area contributed by atoms with Crippen molar-refractivity contribution < 1.29 is 9.47 Å². The normalized spacial score (nSPS) is 20.9.